The van der Waals surface area contributed by atoms with Crippen LogP contribution in [-0.2, 0) is 10.0 Å². The summed E-state index contributed by atoms with van der Waals surface area (Å²) in [6.07, 6.45) is 0. The van der Waals surface area contributed by atoms with Crippen LogP contribution < -0.4 is 10.5 Å². The second-order valence-electron chi connectivity index (χ2n) is 5.40. The summed E-state index contributed by atoms with van der Waals surface area (Å²) in [4.78, 5) is 0. The quantitative estimate of drug-likeness (QED) is 0.821. The molecule has 102 valence electrons. The van der Waals surface area contributed by atoms with Crippen molar-refractivity contribution in [3.05, 3.63) is 35.9 Å². The molecule has 1 aromatic rings. The molecule has 0 aliphatic carbocycles. The van der Waals surface area contributed by atoms with E-state index in [-0.39, 0.29) is 18.2 Å². The number of benzene rings is 1. The first kappa shape index (κ1) is 15.1. The maximum Gasteiger partial charge on any atom is 0.212 e. The Morgan fingerprint density at radius 1 is 1.28 bits per heavy atom. The normalized spacial score (nSPS) is 14.4. The van der Waals surface area contributed by atoms with Gasteiger partial charge in [0, 0.05) is 12.1 Å². The third-order valence-corrected chi connectivity index (χ3v) is 4.11. The first-order chi connectivity index (χ1) is 8.20. The van der Waals surface area contributed by atoms with Crippen molar-refractivity contribution in [1.82, 2.24) is 4.72 Å². The van der Waals surface area contributed by atoms with Gasteiger partial charge in [0.25, 0.3) is 0 Å². The van der Waals surface area contributed by atoms with Crippen molar-refractivity contribution in [2.75, 3.05) is 12.3 Å². The van der Waals surface area contributed by atoms with Gasteiger partial charge in [0.15, 0.2) is 0 Å². The highest BCUT2D eigenvalue weighted by Gasteiger charge is 2.19. The van der Waals surface area contributed by atoms with Crippen LogP contribution in [0, 0.1) is 0 Å². The van der Waals surface area contributed by atoms with Gasteiger partial charge in [0.2, 0.25) is 10.0 Å². The van der Waals surface area contributed by atoms with Crippen LogP contribution in [0.5, 0.6) is 0 Å². The van der Waals surface area contributed by atoms with Gasteiger partial charge >= 0.3 is 0 Å². The van der Waals surface area contributed by atoms with Gasteiger partial charge in [-0.15, -0.1) is 0 Å². The molecule has 0 amide bonds. The smallest absolute Gasteiger partial charge is 0.212 e. The van der Waals surface area contributed by atoms with Crippen molar-refractivity contribution >= 4 is 10.0 Å². The van der Waals surface area contributed by atoms with E-state index in [0.29, 0.717) is 0 Å². The molecule has 0 heterocycles. The van der Waals surface area contributed by atoms with Gasteiger partial charge in [-0.2, -0.15) is 0 Å². The molecule has 0 aromatic heterocycles. The van der Waals surface area contributed by atoms with Crippen LogP contribution in [0.3, 0.4) is 0 Å². The van der Waals surface area contributed by atoms with Gasteiger partial charge in [0.05, 0.1) is 5.75 Å². The lowest BCUT2D eigenvalue weighted by Gasteiger charge is -2.20. The molecule has 0 saturated heterocycles. The van der Waals surface area contributed by atoms with E-state index in [0.717, 1.165) is 5.56 Å². The Bertz CT molecular complexity index is 464. The molecule has 1 aromatic carbocycles. The van der Waals surface area contributed by atoms with Gasteiger partial charge in [0.1, 0.15) is 0 Å². The zero-order valence-corrected chi connectivity index (χ0v) is 12.0. The van der Waals surface area contributed by atoms with E-state index in [1.807, 2.05) is 37.3 Å². The first-order valence-electron chi connectivity index (χ1n) is 6.01. The average molecular weight is 270 g/mol. The van der Waals surface area contributed by atoms with Gasteiger partial charge in [-0.05, 0) is 25.3 Å². The molecular formula is C13H22N2O2S. The molecule has 18 heavy (non-hydrogen) atoms. The van der Waals surface area contributed by atoms with Crippen molar-refractivity contribution < 1.29 is 8.42 Å². The maximum absolute atomic E-state index is 11.9. The van der Waals surface area contributed by atoms with E-state index in [1.165, 1.54) is 0 Å². The highest BCUT2D eigenvalue weighted by molar-refractivity contribution is 7.89. The van der Waals surface area contributed by atoms with E-state index in [2.05, 4.69) is 4.72 Å². The van der Waals surface area contributed by atoms with Crippen LogP contribution in [0.1, 0.15) is 32.3 Å². The fourth-order valence-corrected chi connectivity index (χ4v) is 3.12. The third kappa shape index (κ3) is 5.62. The van der Waals surface area contributed by atoms with Gasteiger partial charge in [-0.3, -0.25) is 0 Å². The molecule has 0 fully saturated rings. The third-order valence-electron chi connectivity index (χ3n) is 2.59. The summed E-state index contributed by atoms with van der Waals surface area (Å²) < 4.78 is 26.3. The lowest BCUT2D eigenvalue weighted by Crippen LogP contribution is -2.45. The second kappa shape index (κ2) is 5.82. The van der Waals surface area contributed by atoms with Crippen molar-refractivity contribution in [2.45, 2.75) is 32.2 Å². The van der Waals surface area contributed by atoms with Crippen LogP contribution in [0.15, 0.2) is 30.3 Å². The van der Waals surface area contributed by atoms with Crippen LogP contribution in [0.2, 0.25) is 0 Å². The number of sulfonamides is 1. The molecule has 4 nitrogen and oxygen atoms in total. The molecule has 3 N–H and O–H groups in total. The predicted molar refractivity (Wildman–Crippen MR) is 74.9 cm³/mol. The van der Waals surface area contributed by atoms with Crippen LogP contribution in [-0.4, -0.2) is 26.3 Å². The summed E-state index contributed by atoms with van der Waals surface area (Å²) in [6, 6.07) is 9.61. The average Bonchev–Trinajstić information content (AvgIpc) is 2.26. The lowest BCUT2D eigenvalue weighted by atomic mass is 10.0. The number of hydrogen-bond donors (Lipinski definition) is 2. The summed E-state index contributed by atoms with van der Waals surface area (Å²) in [7, 11) is -3.29. The molecule has 0 aliphatic heterocycles. The van der Waals surface area contributed by atoms with Gasteiger partial charge in [-0.25, -0.2) is 13.1 Å². The van der Waals surface area contributed by atoms with E-state index >= 15 is 0 Å². The summed E-state index contributed by atoms with van der Waals surface area (Å²) in [5.41, 5.74) is 6.24. The highest BCUT2D eigenvalue weighted by Crippen LogP contribution is 2.16. The van der Waals surface area contributed by atoms with E-state index in [9.17, 15) is 8.42 Å². The van der Waals surface area contributed by atoms with Gasteiger partial charge in [-0.1, -0.05) is 37.3 Å². The Labute approximate surface area is 110 Å². The molecule has 0 bridgehead atoms. The fourth-order valence-electron chi connectivity index (χ4n) is 1.56. The summed E-state index contributed by atoms with van der Waals surface area (Å²) in [5.74, 6) is 0.0391. The number of nitrogens with one attached hydrogen (secondary N) is 1. The minimum Gasteiger partial charge on any atom is -0.324 e. The van der Waals surface area contributed by atoms with Gasteiger partial charge < -0.3 is 5.73 Å². The fraction of sp³-hybridized carbons (Fsp3) is 0.538. The topological polar surface area (TPSA) is 72.2 Å². The minimum atomic E-state index is -3.29. The number of rotatable bonds is 6. The van der Waals surface area contributed by atoms with E-state index in [1.54, 1.807) is 13.8 Å². The highest BCUT2D eigenvalue weighted by atomic mass is 32.2. The van der Waals surface area contributed by atoms with Crippen LogP contribution >= 0.6 is 0 Å². The molecule has 0 spiro atoms. The van der Waals surface area contributed by atoms with Crippen molar-refractivity contribution in [3.8, 4) is 0 Å². The number of hydrogen-bond acceptors (Lipinski definition) is 3. The molecule has 1 unspecified atom stereocenters. The van der Waals surface area contributed by atoms with Crippen LogP contribution in [0.25, 0.3) is 0 Å². The zero-order valence-electron chi connectivity index (χ0n) is 11.2. The maximum atomic E-state index is 11.9. The van der Waals surface area contributed by atoms with Crippen molar-refractivity contribution in [3.63, 3.8) is 0 Å². The molecule has 0 radical (unpaired) electrons. The largest absolute Gasteiger partial charge is 0.324 e. The molecule has 0 aliphatic rings. The monoisotopic (exact) mass is 270 g/mol. The molecule has 1 atom stereocenters. The van der Waals surface area contributed by atoms with Crippen molar-refractivity contribution in [2.24, 2.45) is 5.73 Å². The van der Waals surface area contributed by atoms with E-state index < -0.39 is 15.6 Å². The SMILES string of the molecule is CC(CS(=O)(=O)NCC(C)(C)N)c1ccccc1. The van der Waals surface area contributed by atoms with Crippen LogP contribution in [0.4, 0.5) is 0 Å². The zero-order chi connectivity index (χ0) is 13.8. The standard InChI is InChI=1S/C13H22N2O2S/c1-11(12-7-5-4-6-8-12)9-18(16,17)15-10-13(2,3)14/h4-8,11,15H,9-10,14H2,1-3H3. The summed E-state index contributed by atoms with van der Waals surface area (Å²) >= 11 is 0. The first-order valence-corrected chi connectivity index (χ1v) is 7.66. The van der Waals surface area contributed by atoms with E-state index in [4.69, 9.17) is 5.73 Å². The Hall–Kier alpha value is -0.910. The summed E-state index contributed by atoms with van der Waals surface area (Å²) in [6.45, 7) is 5.73. The second-order valence-corrected chi connectivity index (χ2v) is 7.25. The Kier molecular flexibility index (Phi) is 4.90. The lowest BCUT2D eigenvalue weighted by molar-refractivity contribution is 0.496. The number of nitrogens with two attached hydrogens (primary N) is 1. The molecular weight excluding hydrogens is 248 g/mol. The summed E-state index contributed by atoms with van der Waals surface area (Å²) in [5, 5.41) is 0. The Balaban J connectivity index is 2.61. The molecule has 5 heteroatoms. The molecule has 1 rings (SSSR count). The Morgan fingerprint density at radius 3 is 2.33 bits per heavy atom. The predicted octanol–water partition coefficient (Wildman–Crippen LogP) is 1.45. The van der Waals surface area contributed by atoms with Crippen molar-refractivity contribution in [1.29, 1.82) is 0 Å². The molecule has 0 saturated carbocycles. The Morgan fingerprint density at radius 2 is 1.83 bits per heavy atom. The minimum absolute atomic E-state index is 0.0374.